The number of alkyl halides is 2. The van der Waals surface area contributed by atoms with Gasteiger partial charge in [-0.1, -0.05) is 11.8 Å². The first-order valence-electron chi connectivity index (χ1n) is 8.55. The van der Waals surface area contributed by atoms with E-state index in [-0.39, 0.29) is 23.6 Å². The summed E-state index contributed by atoms with van der Waals surface area (Å²) >= 11 is 12.7. The standard InChI is InChI=1S/C19H16Cl2N4O4S/c1-29-19(28)24-18-23-14-8-13(6-7-15(14)25(18)17(27)10-21)30-12-4-2-11(3-5-12)22-16(26)9-20/h2-8H,9-10H2,1H3,(H,22,26)(H,23,24,28). The molecule has 0 saturated carbocycles. The maximum atomic E-state index is 12.2. The van der Waals surface area contributed by atoms with Gasteiger partial charge in [0.15, 0.2) is 0 Å². The predicted molar refractivity (Wildman–Crippen MR) is 117 cm³/mol. The summed E-state index contributed by atoms with van der Waals surface area (Å²) in [6, 6.07) is 12.6. The molecule has 0 fully saturated rings. The lowest BCUT2D eigenvalue weighted by Crippen LogP contribution is -2.20. The van der Waals surface area contributed by atoms with Crippen molar-refractivity contribution in [3.63, 3.8) is 0 Å². The van der Waals surface area contributed by atoms with Crippen LogP contribution in [0.2, 0.25) is 0 Å². The normalized spacial score (nSPS) is 10.6. The van der Waals surface area contributed by atoms with Crippen molar-refractivity contribution in [2.24, 2.45) is 0 Å². The summed E-state index contributed by atoms with van der Waals surface area (Å²) < 4.78 is 5.81. The molecule has 1 aromatic heterocycles. The maximum absolute atomic E-state index is 12.2. The summed E-state index contributed by atoms with van der Waals surface area (Å²) in [7, 11) is 1.22. The number of hydrogen-bond donors (Lipinski definition) is 2. The Hall–Kier alpha value is -2.75. The van der Waals surface area contributed by atoms with Crippen molar-refractivity contribution in [3.05, 3.63) is 42.5 Å². The third kappa shape index (κ3) is 5.05. The Balaban J connectivity index is 1.87. The average Bonchev–Trinajstić information content (AvgIpc) is 3.11. The van der Waals surface area contributed by atoms with E-state index in [1.165, 1.54) is 23.4 Å². The summed E-state index contributed by atoms with van der Waals surface area (Å²) in [5.41, 5.74) is 1.67. The van der Waals surface area contributed by atoms with Gasteiger partial charge in [-0.15, -0.1) is 23.2 Å². The molecule has 156 valence electrons. The zero-order chi connectivity index (χ0) is 21.7. The molecular weight excluding hydrogens is 451 g/mol. The fourth-order valence-corrected chi connectivity index (χ4v) is 3.64. The van der Waals surface area contributed by atoms with Crippen LogP contribution in [0.4, 0.5) is 16.4 Å². The van der Waals surface area contributed by atoms with Crippen molar-refractivity contribution >= 4 is 75.5 Å². The Morgan fingerprint density at radius 3 is 2.37 bits per heavy atom. The van der Waals surface area contributed by atoms with E-state index >= 15 is 0 Å². The van der Waals surface area contributed by atoms with Gasteiger partial charge in [0.1, 0.15) is 11.8 Å². The second-order valence-electron chi connectivity index (χ2n) is 5.87. The SMILES string of the molecule is COC(=O)Nc1nc2cc(Sc3ccc(NC(=O)CCl)cc3)ccc2n1C(=O)CCl. The number of carbonyl (C=O) groups excluding carboxylic acids is 3. The Labute approximate surface area is 185 Å². The van der Waals surface area contributed by atoms with Crippen LogP contribution in [0.1, 0.15) is 4.79 Å². The van der Waals surface area contributed by atoms with Crippen LogP contribution in [0.5, 0.6) is 0 Å². The smallest absolute Gasteiger partial charge is 0.413 e. The molecule has 3 rings (SSSR count). The number of anilines is 2. The molecule has 0 aliphatic rings. The number of fused-ring (bicyclic) bond motifs is 1. The van der Waals surface area contributed by atoms with Gasteiger partial charge in [-0.05, 0) is 42.5 Å². The number of ether oxygens (including phenoxy) is 1. The van der Waals surface area contributed by atoms with Gasteiger partial charge in [-0.3, -0.25) is 14.9 Å². The molecule has 2 N–H and O–H groups in total. The average molecular weight is 467 g/mol. The molecule has 0 aliphatic carbocycles. The molecule has 2 aromatic carbocycles. The van der Waals surface area contributed by atoms with Crippen molar-refractivity contribution < 1.29 is 19.1 Å². The number of rotatable bonds is 6. The van der Waals surface area contributed by atoms with E-state index < -0.39 is 12.0 Å². The number of hydrogen-bond acceptors (Lipinski definition) is 6. The summed E-state index contributed by atoms with van der Waals surface area (Å²) in [6.45, 7) is 0. The first-order chi connectivity index (χ1) is 14.4. The topological polar surface area (TPSA) is 102 Å². The van der Waals surface area contributed by atoms with Crippen LogP contribution < -0.4 is 10.6 Å². The molecule has 11 heteroatoms. The van der Waals surface area contributed by atoms with Gasteiger partial charge in [0, 0.05) is 15.5 Å². The van der Waals surface area contributed by atoms with Gasteiger partial charge in [-0.2, -0.15) is 0 Å². The minimum absolute atomic E-state index is 0.0315. The molecular formula is C19H16Cl2N4O4S. The number of nitrogens with zero attached hydrogens (tertiary/aromatic N) is 2. The molecule has 0 atom stereocenters. The van der Waals surface area contributed by atoms with Crippen LogP contribution in [0, 0.1) is 0 Å². The maximum Gasteiger partial charge on any atom is 0.413 e. The zero-order valence-corrected chi connectivity index (χ0v) is 18.0. The highest BCUT2D eigenvalue weighted by Gasteiger charge is 2.18. The van der Waals surface area contributed by atoms with E-state index in [4.69, 9.17) is 23.2 Å². The molecule has 8 nitrogen and oxygen atoms in total. The first kappa shape index (κ1) is 21.9. The summed E-state index contributed by atoms with van der Waals surface area (Å²) in [5, 5.41) is 5.09. The lowest BCUT2D eigenvalue weighted by atomic mass is 10.3. The summed E-state index contributed by atoms with van der Waals surface area (Å²) in [5.74, 6) is -1.06. The Morgan fingerprint density at radius 1 is 1.03 bits per heavy atom. The number of benzene rings is 2. The van der Waals surface area contributed by atoms with E-state index in [2.05, 4.69) is 20.4 Å². The second-order valence-corrected chi connectivity index (χ2v) is 7.55. The van der Waals surface area contributed by atoms with Gasteiger partial charge >= 0.3 is 6.09 Å². The fraction of sp³-hybridized carbons (Fsp3) is 0.158. The van der Waals surface area contributed by atoms with Crippen LogP contribution >= 0.6 is 35.0 Å². The molecule has 0 saturated heterocycles. The lowest BCUT2D eigenvalue weighted by Gasteiger charge is -2.07. The monoisotopic (exact) mass is 466 g/mol. The van der Waals surface area contributed by atoms with E-state index in [0.717, 1.165) is 9.79 Å². The molecule has 0 spiro atoms. The highest BCUT2D eigenvalue weighted by atomic mass is 35.5. The summed E-state index contributed by atoms with van der Waals surface area (Å²) in [6.07, 6.45) is -0.745. The second kappa shape index (κ2) is 9.84. The van der Waals surface area contributed by atoms with E-state index in [9.17, 15) is 14.4 Å². The van der Waals surface area contributed by atoms with Gasteiger partial charge in [0.25, 0.3) is 0 Å². The number of methoxy groups -OCH3 is 1. The van der Waals surface area contributed by atoms with E-state index in [0.29, 0.717) is 16.7 Å². The van der Waals surface area contributed by atoms with Crippen molar-refractivity contribution in [2.45, 2.75) is 9.79 Å². The Kier molecular flexibility index (Phi) is 7.20. The minimum Gasteiger partial charge on any atom is -0.453 e. The number of imidazole rings is 1. The number of aromatic nitrogens is 2. The minimum atomic E-state index is -0.745. The number of amides is 2. The van der Waals surface area contributed by atoms with Gasteiger partial charge in [0.05, 0.1) is 18.1 Å². The zero-order valence-electron chi connectivity index (χ0n) is 15.6. The molecule has 2 amide bonds. The van der Waals surface area contributed by atoms with Crippen LogP contribution in [0.15, 0.2) is 52.3 Å². The van der Waals surface area contributed by atoms with Crippen molar-refractivity contribution in [1.29, 1.82) is 0 Å². The number of carbonyl (C=O) groups is 3. The molecule has 0 unspecified atom stereocenters. The molecule has 3 aromatic rings. The van der Waals surface area contributed by atoms with Crippen molar-refractivity contribution in [3.8, 4) is 0 Å². The highest BCUT2D eigenvalue weighted by Crippen LogP contribution is 2.32. The Morgan fingerprint density at radius 2 is 1.73 bits per heavy atom. The van der Waals surface area contributed by atoms with Gasteiger partial charge in [-0.25, -0.2) is 14.3 Å². The molecule has 0 aliphatic heterocycles. The highest BCUT2D eigenvalue weighted by molar-refractivity contribution is 7.99. The first-order valence-corrected chi connectivity index (χ1v) is 10.4. The Bertz CT molecular complexity index is 1100. The largest absolute Gasteiger partial charge is 0.453 e. The summed E-state index contributed by atoms with van der Waals surface area (Å²) in [4.78, 5) is 41.3. The quantitative estimate of drug-likeness (QED) is 0.521. The number of nitrogens with one attached hydrogen (secondary N) is 2. The third-order valence-electron chi connectivity index (χ3n) is 3.88. The van der Waals surface area contributed by atoms with E-state index in [1.807, 2.05) is 18.2 Å². The molecule has 0 radical (unpaired) electrons. The van der Waals surface area contributed by atoms with Gasteiger partial charge in [0.2, 0.25) is 17.8 Å². The molecule has 30 heavy (non-hydrogen) atoms. The van der Waals surface area contributed by atoms with Crippen LogP contribution in [-0.4, -0.2) is 46.3 Å². The van der Waals surface area contributed by atoms with Crippen LogP contribution in [0.25, 0.3) is 11.0 Å². The molecule has 0 bridgehead atoms. The van der Waals surface area contributed by atoms with Crippen LogP contribution in [-0.2, 0) is 9.53 Å². The fourth-order valence-electron chi connectivity index (χ4n) is 2.60. The van der Waals surface area contributed by atoms with Crippen molar-refractivity contribution in [2.75, 3.05) is 29.5 Å². The predicted octanol–water partition coefficient (Wildman–Crippen LogP) is 4.42. The van der Waals surface area contributed by atoms with Crippen molar-refractivity contribution in [1.82, 2.24) is 9.55 Å². The third-order valence-corrected chi connectivity index (χ3v) is 5.35. The van der Waals surface area contributed by atoms with E-state index in [1.54, 1.807) is 24.3 Å². The number of halogens is 2. The van der Waals surface area contributed by atoms with Crippen LogP contribution in [0.3, 0.4) is 0 Å². The lowest BCUT2D eigenvalue weighted by molar-refractivity contribution is -0.113. The molecule has 1 heterocycles. The van der Waals surface area contributed by atoms with Gasteiger partial charge < -0.3 is 10.1 Å².